The van der Waals surface area contributed by atoms with Gasteiger partial charge >= 0.3 is 5.97 Å². The molecular weight excluding hydrogens is 432 g/mol. The van der Waals surface area contributed by atoms with Gasteiger partial charge in [-0.15, -0.1) is 0 Å². The number of ether oxygens (including phenoxy) is 4. The van der Waals surface area contributed by atoms with Crippen LogP contribution in [0.4, 0.5) is 0 Å². The monoisotopic (exact) mass is 446 g/mol. The van der Waals surface area contributed by atoms with Crippen molar-refractivity contribution in [3.63, 3.8) is 0 Å². The molecule has 1 aromatic carbocycles. The molecule has 0 spiro atoms. The Bertz CT molecular complexity index is 612. The number of fused-ring (bicyclic) bond motifs is 1. The number of esters is 1. The van der Waals surface area contributed by atoms with Crippen molar-refractivity contribution in [3.05, 3.63) is 45.4 Å². The summed E-state index contributed by atoms with van der Waals surface area (Å²) >= 11 is 6.60. The molecule has 0 unspecified atom stereocenters. The van der Waals surface area contributed by atoms with Gasteiger partial charge in [-0.3, -0.25) is 0 Å². The van der Waals surface area contributed by atoms with Crippen molar-refractivity contribution < 1.29 is 23.7 Å². The van der Waals surface area contributed by atoms with Gasteiger partial charge in [0.2, 0.25) is 0 Å². The lowest BCUT2D eigenvalue weighted by molar-refractivity contribution is -0.209. The first-order chi connectivity index (χ1) is 10.9. The Morgan fingerprint density at radius 3 is 2.57 bits per heavy atom. The molecule has 7 heteroatoms. The van der Waals surface area contributed by atoms with Crippen LogP contribution in [0.5, 0.6) is 0 Å². The van der Waals surface area contributed by atoms with E-state index in [0.29, 0.717) is 8.96 Å². The summed E-state index contributed by atoms with van der Waals surface area (Å²) in [6.45, 7) is 3.60. The summed E-state index contributed by atoms with van der Waals surface area (Å²) in [6, 6.07) is 8.83. The van der Waals surface area contributed by atoms with Crippen LogP contribution in [-0.2, 0) is 18.9 Å². The summed E-state index contributed by atoms with van der Waals surface area (Å²) in [5.74, 6) is -1.19. The van der Waals surface area contributed by atoms with E-state index in [1.165, 1.54) is 0 Å². The van der Waals surface area contributed by atoms with Crippen molar-refractivity contribution in [2.24, 2.45) is 0 Å². The van der Waals surface area contributed by atoms with Crippen LogP contribution in [0.15, 0.2) is 39.8 Å². The van der Waals surface area contributed by atoms with Crippen molar-refractivity contribution in [3.8, 4) is 0 Å². The minimum absolute atomic E-state index is 0.419. The van der Waals surface area contributed by atoms with Crippen LogP contribution in [-0.4, -0.2) is 36.4 Å². The number of benzene rings is 1. The zero-order valence-electron chi connectivity index (χ0n) is 12.6. The molecule has 0 aromatic heterocycles. The lowest BCUT2D eigenvalue weighted by atomic mass is 10.1. The van der Waals surface area contributed by atoms with Gasteiger partial charge in [0.25, 0.3) is 0 Å². The summed E-state index contributed by atoms with van der Waals surface area (Å²) in [5, 5.41) is 0. The van der Waals surface area contributed by atoms with Crippen LogP contribution < -0.4 is 0 Å². The predicted molar refractivity (Wildman–Crippen MR) is 90.3 cm³/mol. The molecule has 23 heavy (non-hydrogen) atoms. The highest BCUT2D eigenvalue weighted by molar-refractivity contribution is 9.28. The first-order valence-corrected chi connectivity index (χ1v) is 8.74. The van der Waals surface area contributed by atoms with Gasteiger partial charge < -0.3 is 18.9 Å². The van der Waals surface area contributed by atoms with Crippen molar-refractivity contribution in [2.75, 3.05) is 0 Å². The first kappa shape index (κ1) is 17.1. The van der Waals surface area contributed by atoms with Crippen molar-refractivity contribution in [2.45, 2.75) is 44.2 Å². The second-order valence-corrected chi connectivity index (χ2v) is 8.53. The van der Waals surface area contributed by atoms with Gasteiger partial charge in [-0.2, -0.15) is 0 Å². The third-order valence-electron chi connectivity index (χ3n) is 3.57. The molecular formula is C16H16Br2O5. The van der Waals surface area contributed by atoms with E-state index < -0.39 is 36.4 Å². The maximum atomic E-state index is 12.4. The third kappa shape index (κ3) is 3.85. The Kier molecular flexibility index (Phi) is 4.94. The molecule has 5 nitrogen and oxygen atoms in total. The largest absolute Gasteiger partial charge is 0.453 e. The maximum Gasteiger partial charge on any atom is 0.338 e. The molecule has 0 amide bonds. The van der Waals surface area contributed by atoms with Gasteiger partial charge in [-0.05, 0) is 63.9 Å². The number of rotatable bonds is 3. The van der Waals surface area contributed by atoms with E-state index in [4.69, 9.17) is 18.9 Å². The van der Waals surface area contributed by atoms with Crippen LogP contribution in [0.2, 0.25) is 0 Å². The average molecular weight is 448 g/mol. The van der Waals surface area contributed by atoms with E-state index in [0.717, 1.165) is 0 Å². The molecule has 1 aromatic rings. The fourth-order valence-electron chi connectivity index (χ4n) is 2.66. The minimum atomic E-state index is -0.771. The Labute approximate surface area is 151 Å². The Balaban J connectivity index is 1.80. The lowest BCUT2D eigenvalue weighted by Crippen LogP contribution is -2.37. The molecule has 0 bridgehead atoms. The first-order valence-electron chi connectivity index (χ1n) is 7.16. The lowest BCUT2D eigenvalue weighted by Gasteiger charge is -2.24. The predicted octanol–water partition coefficient (Wildman–Crippen LogP) is 3.72. The second-order valence-electron chi connectivity index (χ2n) is 5.76. The molecule has 0 radical (unpaired) electrons. The number of halogens is 2. The van der Waals surface area contributed by atoms with Gasteiger partial charge in [-0.25, -0.2) is 4.79 Å². The highest BCUT2D eigenvalue weighted by Gasteiger charge is 2.56. The molecule has 0 aliphatic carbocycles. The normalized spacial score (nSPS) is 31.5. The van der Waals surface area contributed by atoms with E-state index in [1.807, 2.05) is 6.07 Å². The highest BCUT2D eigenvalue weighted by Crippen LogP contribution is 2.40. The molecule has 4 atom stereocenters. The van der Waals surface area contributed by atoms with Crippen LogP contribution in [0.25, 0.3) is 0 Å². The van der Waals surface area contributed by atoms with Gasteiger partial charge in [-0.1, -0.05) is 18.2 Å². The van der Waals surface area contributed by atoms with Gasteiger partial charge in [0.05, 0.1) is 8.96 Å². The minimum Gasteiger partial charge on any atom is -0.453 e. The second kappa shape index (κ2) is 6.64. The van der Waals surface area contributed by atoms with E-state index >= 15 is 0 Å². The quantitative estimate of drug-likeness (QED) is 0.661. The Morgan fingerprint density at radius 2 is 1.91 bits per heavy atom. The van der Waals surface area contributed by atoms with E-state index in [2.05, 4.69) is 31.9 Å². The van der Waals surface area contributed by atoms with Crippen LogP contribution in [0, 0.1) is 0 Å². The highest BCUT2D eigenvalue weighted by atomic mass is 79.9. The average Bonchev–Trinajstić information content (AvgIpc) is 2.92. The molecule has 0 N–H and O–H groups in total. The molecule has 2 aliphatic rings. The molecule has 2 heterocycles. The van der Waals surface area contributed by atoms with Crippen molar-refractivity contribution in [1.29, 1.82) is 0 Å². The van der Waals surface area contributed by atoms with Crippen LogP contribution >= 0.6 is 31.9 Å². The molecule has 2 fully saturated rings. The summed E-state index contributed by atoms with van der Waals surface area (Å²) < 4.78 is 23.7. The van der Waals surface area contributed by atoms with E-state index in [1.54, 1.807) is 44.2 Å². The third-order valence-corrected chi connectivity index (χ3v) is 4.10. The molecule has 2 aliphatic heterocycles. The van der Waals surface area contributed by atoms with E-state index in [-0.39, 0.29) is 0 Å². The van der Waals surface area contributed by atoms with E-state index in [9.17, 15) is 4.79 Å². The smallest absolute Gasteiger partial charge is 0.338 e. The summed E-state index contributed by atoms with van der Waals surface area (Å²) in [7, 11) is 0. The Morgan fingerprint density at radius 1 is 1.22 bits per heavy atom. The summed E-state index contributed by atoms with van der Waals surface area (Å²) in [5.41, 5.74) is 0.481. The molecule has 2 saturated heterocycles. The number of carbonyl (C=O) groups excluding carboxylic acids is 1. The molecule has 3 rings (SSSR count). The number of carbonyl (C=O) groups is 1. The number of hydrogen-bond donors (Lipinski definition) is 0. The van der Waals surface area contributed by atoms with Crippen LogP contribution in [0.1, 0.15) is 24.2 Å². The van der Waals surface area contributed by atoms with Gasteiger partial charge in [0.15, 0.2) is 24.3 Å². The van der Waals surface area contributed by atoms with Gasteiger partial charge in [0.1, 0.15) is 6.10 Å². The topological polar surface area (TPSA) is 54.0 Å². The van der Waals surface area contributed by atoms with Crippen molar-refractivity contribution in [1.82, 2.24) is 0 Å². The standard InChI is InChI=1S/C16H16Br2O5/c1-16(2)22-13-12(10(8-11(17)18)20-15(13)23-16)21-14(19)9-6-4-3-5-7-9/h3-8,10,12-13,15H,1-2H3/t10-,12-,13-,15-/m1/s1. The zero-order valence-corrected chi connectivity index (χ0v) is 15.7. The summed E-state index contributed by atoms with van der Waals surface area (Å²) in [4.78, 5) is 12.4. The summed E-state index contributed by atoms with van der Waals surface area (Å²) in [6.07, 6.45) is -0.347. The maximum absolute atomic E-state index is 12.4. The molecule has 0 saturated carbocycles. The van der Waals surface area contributed by atoms with Gasteiger partial charge in [0, 0.05) is 0 Å². The Hall–Kier alpha value is -0.730. The SMILES string of the molecule is CC1(C)O[C@H]2O[C@H](C=C(Br)Br)[C@@H](OC(=O)c3ccccc3)[C@H]2O1. The molecule has 124 valence electrons. The van der Waals surface area contributed by atoms with Crippen molar-refractivity contribution >= 4 is 37.8 Å². The number of hydrogen-bond acceptors (Lipinski definition) is 5. The zero-order chi connectivity index (χ0) is 16.6. The fraction of sp³-hybridized carbons (Fsp3) is 0.438. The van der Waals surface area contributed by atoms with Crippen LogP contribution in [0.3, 0.4) is 0 Å². The fourth-order valence-corrected chi connectivity index (χ4v) is 3.18.